The van der Waals surface area contributed by atoms with Crippen LogP contribution in [0.25, 0.3) is 0 Å². The third kappa shape index (κ3) is 2.78. The number of ketones is 1. The van der Waals surface area contributed by atoms with E-state index in [9.17, 15) is 9.59 Å². The molecule has 2 atom stereocenters. The Bertz CT molecular complexity index is 567. The van der Waals surface area contributed by atoms with E-state index in [2.05, 4.69) is 0 Å². The van der Waals surface area contributed by atoms with Gasteiger partial charge < -0.3 is 15.4 Å². The Morgan fingerprint density at radius 2 is 2.05 bits per heavy atom. The molecule has 2 rings (SSSR count). The van der Waals surface area contributed by atoms with Gasteiger partial charge in [0.1, 0.15) is 5.75 Å². The second kappa shape index (κ2) is 5.85. The number of hydrogen-bond acceptors (Lipinski definition) is 4. The normalized spacial score (nSPS) is 19.2. The van der Waals surface area contributed by atoms with Gasteiger partial charge >= 0.3 is 0 Å². The molecular weight excluding hydrogens is 268 g/mol. The molecule has 21 heavy (non-hydrogen) atoms. The highest BCUT2D eigenvalue weighted by Crippen LogP contribution is 2.37. The van der Waals surface area contributed by atoms with Crippen LogP contribution in [0.1, 0.15) is 44.5 Å². The van der Waals surface area contributed by atoms with Crippen LogP contribution in [-0.2, 0) is 4.79 Å². The molecule has 114 valence electrons. The monoisotopic (exact) mass is 290 g/mol. The summed E-state index contributed by atoms with van der Waals surface area (Å²) in [5.41, 5.74) is 6.79. The Morgan fingerprint density at radius 3 is 2.57 bits per heavy atom. The highest BCUT2D eigenvalue weighted by Gasteiger charge is 2.35. The molecule has 1 aliphatic rings. The van der Waals surface area contributed by atoms with Crippen molar-refractivity contribution in [2.24, 2.45) is 5.73 Å². The molecule has 0 saturated carbocycles. The lowest BCUT2D eigenvalue weighted by Gasteiger charge is -2.36. The lowest BCUT2D eigenvalue weighted by Crippen LogP contribution is -2.49. The minimum atomic E-state index is -0.570. The summed E-state index contributed by atoms with van der Waals surface area (Å²) in [6.07, 6.45) is 0.150. The van der Waals surface area contributed by atoms with E-state index in [1.54, 1.807) is 30.0 Å². The largest absolute Gasteiger partial charge is 0.478 e. The maximum absolute atomic E-state index is 12.5. The summed E-state index contributed by atoms with van der Waals surface area (Å²) in [6, 6.07) is 4.57. The number of carbonyl (C=O) groups excluding carboxylic acids is 2. The fraction of sp³-hybridized carbons (Fsp3) is 0.500. The molecule has 0 aliphatic carbocycles. The molecule has 1 aromatic carbocycles. The summed E-state index contributed by atoms with van der Waals surface area (Å²) in [6.45, 7) is 7.45. The first-order valence-corrected chi connectivity index (χ1v) is 7.30. The number of benzene rings is 1. The second-order valence-electron chi connectivity index (χ2n) is 5.65. The van der Waals surface area contributed by atoms with Gasteiger partial charge in [-0.1, -0.05) is 6.92 Å². The van der Waals surface area contributed by atoms with Crippen LogP contribution in [0.3, 0.4) is 0 Å². The van der Waals surface area contributed by atoms with Crippen LogP contribution in [0.2, 0.25) is 0 Å². The van der Waals surface area contributed by atoms with E-state index < -0.39 is 12.1 Å². The van der Waals surface area contributed by atoms with Gasteiger partial charge in [0.15, 0.2) is 11.9 Å². The SMILES string of the molecule is CCC1Oc2ccc(C(=O)C(C)N)cc2N(C(C)C)C1=O. The summed E-state index contributed by atoms with van der Waals surface area (Å²) >= 11 is 0. The van der Waals surface area contributed by atoms with Crippen molar-refractivity contribution >= 4 is 17.4 Å². The zero-order valence-corrected chi connectivity index (χ0v) is 12.9. The van der Waals surface area contributed by atoms with E-state index in [-0.39, 0.29) is 17.7 Å². The molecule has 0 fully saturated rings. The molecule has 0 spiro atoms. The Hall–Kier alpha value is -1.88. The molecule has 1 amide bonds. The van der Waals surface area contributed by atoms with Crippen LogP contribution in [0, 0.1) is 0 Å². The zero-order chi connectivity index (χ0) is 15.7. The van der Waals surface area contributed by atoms with Crippen LogP contribution in [-0.4, -0.2) is 29.9 Å². The standard InChI is InChI=1S/C16H22N2O3/c1-5-13-16(20)18(9(2)3)12-8-11(15(19)10(4)17)6-7-14(12)21-13/h6-10,13H,5,17H2,1-4H3. The number of amides is 1. The van der Waals surface area contributed by atoms with Gasteiger partial charge in [-0.05, 0) is 45.4 Å². The molecule has 0 aromatic heterocycles. The fourth-order valence-corrected chi connectivity index (χ4v) is 2.49. The number of rotatable bonds is 4. The van der Waals surface area contributed by atoms with Crippen molar-refractivity contribution in [3.05, 3.63) is 23.8 Å². The predicted molar refractivity (Wildman–Crippen MR) is 81.8 cm³/mol. The Balaban J connectivity index is 2.50. The fourth-order valence-electron chi connectivity index (χ4n) is 2.49. The molecule has 0 saturated heterocycles. The summed E-state index contributed by atoms with van der Waals surface area (Å²) in [5.74, 6) is 0.424. The smallest absolute Gasteiger partial charge is 0.268 e. The van der Waals surface area contributed by atoms with Gasteiger partial charge in [-0.2, -0.15) is 0 Å². The number of Topliss-reactive ketones (excluding diaryl/α,β-unsaturated/α-hetero) is 1. The topological polar surface area (TPSA) is 72.6 Å². The van der Waals surface area contributed by atoms with Crippen molar-refractivity contribution in [1.29, 1.82) is 0 Å². The minimum Gasteiger partial charge on any atom is -0.478 e. The van der Waals surface area contributed by atoms with Gasteiger partial charge in [-0.25, -0.2) is 0 Å². The van der Waals surface area contributed by atoms with Gasteiger partial charge in [0, 0.05) is 11.6 Å². The number of fused-ring (bicyclic) bond motifs is 1. The first-order valence-electron chi connectivity index (χ1n) is 7.30. The van der Waals surface area contributed by atoms with Gasteiger partial charge in [0.05, 0.1) is 11.7 Å². The van der Waals surface area contributed by atoms with Gasteiger partial charge in [-0.15, -0.1) is 0 Å². The van der Waals surface area contributed by atoms with E-state index >= 15 is 0 Å². The second-order valence-corrected chi connectivity index (χ2v) is 5.65. The Morgan fingerprint density at radius 1 is 1.38 bits per heavy atom. The molecule has 1 heterocycles. The molecule has 1 aromatic rings. The van der Waals surface area contributed by atoms with E-state index in [0.717, 1.165) is 0 Å². The lowest BCUT2D eigenvalue weighted by atomic mass is 10.0. The average molecular weight is 290 g/mol. The summed E-state index contributed by atoms with van der Waals surface area (Å²) < 4.78 is 5.74. The maximum Gasteiger partial charge on any atom is 0.268 e. The number of hydrogen-bond donors (Lipinski definition) is 1. The van der Waals surface area contributed by atoms with E-state index in [4.69, 9.17) is 10.5 Å². The van der Waals surface area contributed by atoms with Crippen molar-refractivity contribution in [2.45, 2.75) is 52.3 Å². The third-order valence-electron chi connectivity index (χ3n) is 3.59. The molecule has 2 N–H and O–H groups in total. The number of anilines is 1. The van der Waals surface area contributed by atoms with Crippen LogP contribution < -0.4 is 15.4 Å². The van der Waals surface area contributed by atoms with Crippen LogP contribution in [0.4, 0.5) is 5.69 Å². The number of carbonyl (C=O) groups is 2. The maximum atomic E-state index is 12.5. The lowest BCUT2D eigenvalue weighted by molar-refractivity contribution is -0.126. The molecule has 0 bridgehead atoms. The summed E-state index contributed by atoms with van der Waals surface area (Å²) in [5, 5.41) is 0. The van der Waals surface area contributed by atoms with E-state index in [1.165, 1.54) is 0 Å². The molecule has 5 nitrogen and oxygen atoms in total. The Kier molecular flexibility index (Phi) is 4.32. The van der Waals surface area contributed by atoms with Gasteiger partial charge in [0.2, 0.25) is 0 Å². The quantitative estimate of drug-likeness (QED) is 0.862. The van der Waals surface area contributed by atoms with Crippen molar-refractivity contribution in [1.82, 2.24) is 0 Å². The van der Waals surface area contributed by atoms with Gasteiger partial charge in [-0.3, -0.25) is 9.59 Å². The van der Waals surface area contributed by atoms with Crippen molar-refractivity contribution in [3.8, 4) is 5.75 Å². The van der Waals surface area contributed by atoms with Crippen molar-refractivity contribution in [2.75, 3.05) is 4.90 Å². The molecule has 0 radical (unpaired) electrons. The third-order valence-corrected chi connectivity index (χ3v) is 3.59. The number of nitrogens with two attached hydrogens (primary N) is 1. The van der Waals surface area contributed by atoms with Crippen LogP contribution >= 0.6 is 0 Å². The highest BCUT2D eigenvalue weighted by molar-refractivity contribution is 6.04. The highest BCUT2D eigenvalue weighted by atomic mass is 16.5. The van der Waals surface area contributed by atoms with Crippen molar-refractivity contribution in [3.63, 3.8) is 0 Å². The summed E-state index contributed by atoms with van der Waals surface area (Å²) in [7, 11) is 0. The predicted octanol–water partition coefficient (Wildman–Crippen LogP) is 2.13. The molecule has 2 unspecified atom stereocenters. The van der Waals surface area contributed by atoms with E-state index in [0.29, 0.717) is 23.4 Å². The van der Waals surface area contributed by atoms with Crippen LogP contribution in [0.5, 0.6) is 5.75 Å². The first kappa shape index (κ1) is 15.5. The average Bonchev–Trinajstić information content (AvgIpc) is 2.44. The molecular formula is C16H22N2O3. The Labute approximate surface area is 125 Å². The number of nitrogens with zero attached hydrogens (tertiary/aromatic N) is 1. The molecule has 5 heteroatoms. The summed E-state index contributed by atoms with van der Waals surface area (Å²) in [4.78, 5) is 26.2. The number of ether oxygens (including phenoxy) is 1. The molecule has 1 aliphatic heterocycles. The van der Waals surface area contributed by atoms with Crippen molar-refractivity contribution < 1.29 is 14.3 Å². The van der Waals surface area contributed by atoms with E-state index in [1.807, 2.05) is 20.8 Å². The first-order chi connectivity index (χ1) is 9.86. The zero-order valence-electron chi connectivity index (χ0n) is 12.9. The minimum absolute atomic E-state index is 0.00477. The van der Waals surface area contributed by atoms with Crippen LogP contribution in [0.15, 0.2) is 18.2 Å². The van der Waals surface area contributed by atoms with Gasteiger partial charge in [0.25, 0.3) is 5.91 Å².